The van der Waals surface area contributed by atoms with Gasteiger partial charge < -0.3 is 4.90 Å². The van der Waals surface area contributed by atoms with Crippen LogP contribution in [0.25, 0.3) is 0 Å². The predicted molar refractivity (Wildman–Crippen MR) is 58.9 cm³/mol. The van der Waals surface area contributed by atoms with E-state index in [1.54, 1.807) is 17.3 Å². The van der Waals surface area contributed by atoms with Crippen LogP contribution in [0.4, 0.5) is 0 Å². The van der Waals surface area contributed by atoms with Crippen LogP contribution in [0.3, 0.4) is 0 Å². The lowest BCUT2D eigenvalue weighted by Gasteiger charge is -2.30. The lowest BCUT2D eigenvalue weighted by atomic mass is 9.90. The van der Waals surface area contributed by atoms with Crippen LogP contribution < -0.4 is 0 Å². The van der Waals surface area contributed by atoms with Crippen molar-refractivity contribution in [3.63, 3.8) is 0 Å². The Kier molecular flexibility index (Phi) is 3.29. The van der Waals surface area contributed by atoms with Crippen LogP contribution >= 0.6 is 0 Å². The van der Waals surface area contributed by atoms with Gasteiger partial charge in [-0.2, -0.15) is 0 Å². The highest BCUT2D eigenvalue weighted by molar-refractivity contribution is 6.23. The van der Waals surface area contributed by atoms with Crippen molar-refractivity contribution in [2.45, 2.75) is 18.8 Å². The minimum Gasteiger partial charge on any atom is -0.336 e. The molecule has 2 rings (SSSR count). The van der Waals surface area contributed by atoms with E-state index in [-0.39, 0.29) is 0 Å². The summed E-state index contributed by atoms with van der Waals surface area (Å²) in [7, 11) is 0. The highest BCUT2D eigenvalue weighted by Gasteiger charge is 2.23. The first-order valence-corrected chi connectivity index (χ1v) is 5.45. The molecule has 1 amide bonds. The van der Waals surface area contributed by atoms with Crippen LogP contribution in [-0.4, -0.2) is 35.2 Å². The molecule has 0 aromatic carbocycles. The second-order valence-electron chi connectivity index (χ2n) is 4.00. The minimum absolute atomic E-state index is 0.395. The van der Waals surface area contributed by atoms with Crippen molar-refractivity contribution >= 4 is 12.2 Å². The van der Waals surface area contributed by atoms with Crippen molar-refractivity contribution in [2.24, 2.45) is 0 Å². The molecule has 4 nitrogen and oxygen atoms in total. The zero-order valence-electron chi connectivity index (χ0n) is 9.00. The fourth-order valence-electron chi connectivity index (χ4n) is 2.14. The summed E-state index contributed by atoms with van der Waals surface area (Å²) in [5.41, 5.74) is 1.27. The van der Waals surface area contributed by atoms with E-state index in [1.165, 1.54) is 5.56 Å². The summed E-state index contributed by atoms with van der Waals surface area (Å²) in [6.07, 6.45) is 5.82. The van der Waals surface area contributed by atoms with Gasteiger partial charge in [-0.1, -0.05) is 0 Å². The number of rotatable bonds is 2. The van der Waals surface area contributed by atoms with Crippen LogP contribution in [-0.2, 0) is 9.59 Å². The van der Waals surface area contributed by atoms with Gasteiger partial charge in [0, 0.05) is 25.5 Å². The third-order valence-electron chi connectivity index (χ3n) is 3.08. The monoisotopic (exact) mass is 218 g/mol. The van der Waals surface area contributed by atoms with E-state index >= 15 is 0 Å². The number of carbonyl (C=O) groups is 2. The molecule has 0 spiro atoms. The second-order valence-corrected chi connectivity index (χ2v) is 4.00. The van der Waals surface area contributed by atoms with E-state index in [0.717, 1.165) is 12.8 Å². The number of hydrogen-bond acceptors (Lipinski definition) is 3. The van der Waals surface area contributed by atoms with E-state index in [4.69, 9.17) is 0 Å². The molecule has 0 atom stereocenters. The summed E-state index contributed by atoms with van der Waals surface area (Å²) < 4.78 is 0. The number of aromatic nitrogens is 1. The van der Waals surface area contributed by atoms with Crippen LogP contribution in [0.1, 0.15) is 24.3 Å². The van der Waals surface area contributed by atoms with Gasteiger partial charge in [0.05, 0.1) is 0 Å². The molecule has 16 heavy (non-hydrogen) atoms. The highest BCUT2D eigenvalue weighted by Crippen LogP contribution is 2.27. The molecular formula is C12H14N2O2. The van der Waals surface area contributed by atoms with Crippen molar-refractivity contribution in [2.75, 3.05) is 13.1 Å². The number of likely N-dealkylation sites (tertiary alicyclic amines) is 1. The molecule has 0 bridgehead atoms. The lowest BCUT2D eigenvalue weighted by molar-refractivity contribution is -0.139. The van der Waals surface area contributed by atoms with E-state index in [1.807, 2.05) is 12.1 Å². The van der Waals surface area contributed by atoms with Crippen molar-refractivity contribution < 1.29 is 9.59 Å². The third kappa shape index (κ3) is 2.27. The molecule has 0 aliphatic carbocycles. The van der Waals surface area contributed by atoms with Gasteiger partial charge >= 0.3 is 0 Å². The number of piperidine rings is 1. The molecule has 1 aromatic rings. The van der Waals surface area contributed by atoms with Gasteiger partial charge in [0.2, 0.25) is 6.29 Å². The van der Waals surface area contributed by atoms with Gasteiger partial charge in [0.15, 0.2) is 0 Å². The molecule has 1 saturated heterocycles. The average molecular weight is 218 g/mol. The Bertz CT molecular complexity index is 370. The Morgan fingerprint density at radius 3 is 2.50 bits per heavy atom. The standard InChI is InChI=1S/C12H14N2O2/c15-9-12(16)14-7-3-11(4-8-14)10-1-5-13-6-2-10/h1-2,5-6,9,11H,3-4,7-8H2. The Balaban J connectivity index is 1.95. The molecule has 0 saturated carbocycles. The highest BCUT2D eigenvalue weighted by atomic mass is 16.2. The molecule has 1 aliphatic rings. The van der Waals surface area contributed by atoms with Crippen LogP contribution in [0.15, 0.2) is 24.5 Å². The number of hydrogen-bond donors (Lipinski definition) is 0. The third-order valence-corrected chi connectivity index (χ3v) is 3.08. The minimum atomic E-state index is -0.395. The predicted octanol–water partition coefficient (Wildman–Crippen LogP) is 0.987. The van der Waals surface area contributed by atoms with Gasteiger partial charge in [-0.3, -0.25) is 14.6 Å². The maximum Gasteiger partial charge on any atom is 0.286 e. The van der Waals surface area contributed by atoms with Gasteiger partial charge in [0.25, 0.3) is 5.91 Å². The number of pyridine rings is 1. The number of aldehydes is 1. The van der Waals surface area contributed by atoms with E-state index in [2.05, 4.69) is 4.98 Å². The van der Waals surface area contributed by atoms with E-state index in [9.17, 15) is 9.59 Å². The zero-order valence-corrected chi connectivity index (χ0v) is 9.00. The van der Waals surface area contributed by atoms with Crippen LogP contribution in [0.2, 0.25) is 0 Å². The summed E-state index contributed by atoms with van der Waals surface area (Å²) in [5, 5.41) is 0. The summed E-state index contributed by atoms with van der Waals surface area (Å²) in [4.78, 5) is 27.1. The van der Waals surface area contributed by atoms with Gasteiger partial charge in [-0.25, -0.2) is 0 Å². The number of amides is 1. The first-order valence-electron chi connectivity index (χ1n) is 5.45. The van der Waals surface area contributed by atoms with Gasteiger partial charge in [-0.15, -0.1) is 0 Å². The van der Waals surface area contributed by atoms with E-state index in [0.29, 0.717) is 25.3 Å². The second kappa shape index (κ2) is 4.88. The summed E-state index contributed by atoms with van der Waals surface area (Å²) in [6.45, 7) is 1.34. The SMILES string of the molecule is O=CC(=O)N1CCC(c2ccncc2)CC1. The average Bonchev–Trinajstić information content (AvgIpc) is 2.39. The first-order chi connectivity index (χ1) is 7.81. The molecule has 1 fully saturated rings. The van der Waals surface area contributed by atoms with Crippen molar-refractivity contribution in [3.05, 3.63) is 30.1 Å². The summed E-state index contributed by atoms with van der Waals surface area (Å²) in [6, 6.07) is 4.03. The van der Waals surface area contributed by atoms with Gasteiger partial charge in [-0.05, 0) is 36.5 Å². The molecule has 4 heteroatoms. The Hall–Kier alpha value is -1.71. The van der Waals surface area contributed by atoms with Crippen molar-refractivity contribution in [1.29, 1.82) is 0 Å². The number of carbonyl (C=O) groups excluding carboxylic acids is 2. The molecular weight excluding hydrogens is 204 g/mol. The summed E-state index contributed by atoms with van der Waals surface area (Å²) in [5.74, 6) is 0.0897. The van der Waals surface area contributed by atoms with Crippen molar-refractivity contribution in [1.82, 2.24) is 9.88 Å². The fraction of sp³-hybridized carbons (Fsp3) is 0.417. The Morgan fingerprint density at radius 1 is 1.31 bits per heavy atom. The molecule has 1 aromatic heterocycles. The van der Waals surface area contributed by atoms with Crippen molar-refractivity contribution in [3.8, 4) is 0 Å². The summed E-state index contributed by atoms with van der Waals surface area (Å²) >= 11 is 0. The molecule has 0 N–H and O–H groups in total. The van der Waals surface area contributed by atoms with E-state index < -0.39 is 5.91 Å². The quantitative estimate of drug-likeness (QED) is 0.549. The van der Waals surface area contributed by atoms with Crippen LogP contribution in [0.5, 0.6) is 0 Å². The largest absolute Gasteiger partial charge is 0.336 e. The molecule has 0 unspecified atom stereocenters. The fourth-order valence-corrected chi connectivity index (χ4v) is 2.14. The normalized spacial score (nSPS) is 17.1. The first kappa shape index (κ1) is 10.8. The maximum atomic E-state index is 11.2. The van der Waals surface area contributed by atoms with Gasteiger partial charge in [0.1, 0.15) is 0 Å². The topological polar surface area (TPSA) is 50.3 Å². The Morgan fingerprint density at radius 2 is 1.94 bits per heavy atom. The molecule has 1 aliphatic heterocycles. The number of nitrogens with zero attached hydrogens (tertiary/aromatic N) is 2. The van der Waals surface area contributed by atoms with Crippen LogP contribution in [0, 0.1) is 0 Å². The zero-order chi connectivity index (χ0) is 11.4. The molecule has 84 valence electrons. The lowest BCUT2D eigenvalue weighted by Crippen LogP contribution is -2.38. The maximum absolute atomic E-state index is 11.2. The molecule has 2 heterocycles. The Labute approximate surface area is 94.3 Å². The molecule has 0 radical (unpaired) electrons. The smallest absolute Gasteiger partial charge is 0.286 e.